The van der Waals surface area contributed by atoms with Gasteiger partial charge < -0.3 is 14.8 Å². The number of imidazole rings is 1. The van der Waals surface area contributed by atoms with Crippen molar-refractivity contribution in [1.82, 2.24) is 15.0 Å². The number of methoxy groups -OCH3 is 1. The van der Waals surface area contributed by atoms with Crippen molar-refractivity contribution in [2.45, 2.75) is 6.04 Å². The van der Waals surface area contributed by atoms with Crippen molar-refractivity contribution >= 4 is 46.0 Å². The number of carbonyl (C=O) groups is 2. The zero-order chi connectivity index (χ0) is 23.1. The molecule has 1 aliphatic rings. The van der Waals surface area contributed by atoms with E-state index in [-0.39, 0.29) is 22.1 Å². The molecule has 1 atom stereocenters. The molecule has 1 amide bonds. The zero-order valence-corrected chi connectivity index (χ0v) is 18.1. The first kappa shape index (κ1) is 20.7. The van der Waals surface area contributed by atoms with Crippen molar-refractivity contribution in [2.24, 2.45) is 0 Å². The average Bonchev–Trinajstić information content (AvgIpc) is 3.38. The molecule has 3 heterocycles. The summed E-state index contributed by atoms with van der Waals surface area (Å²) in [4.78, 5) is 39.4. The Labute approximate surface area is 193 Å². The maximum atomic E-state index is 13.2. The summed E-state index contributed by atoms with van der Waals surface area (Å²) in [5.74, 6) is -1.48. The fraction of sp³-hybridized carbons (Fsp3) is 0.0833. The van der Waals surface area contributed by atoms with Gasteiger partial charge in [-0.2, -0.15) is 0 Å². The highest BCUT2D eigenvalue weighted by atomic mass is 35.5. The molecule has 0 spiro atoms. The van der Waals surface area contributed by atoms with Gasteiger partial charge in [-0.25, -0.2) is 4.98 Å². The van der Waals surface area contributed by atoms with Gasteiger partial charge in [-0.05, 0) is 42.0 Å². The van der Waals surface area contributed by atoms with Crippen molar-refractivity contribution in [3.8, 4) is 5.75 Å². The Balaban J connectivity index is 1.75. The van der Waals surface area contributed by atoms with E-state index in [4.69, 9.17) is 16.3 Å². The van der Waals surface area contributed by atoms with Crippen molar-refractivity contribution in [3.63, 3.8) is 0 Å². The standard InChI is InChI=1S/C24H17ClN4O4/c1-33-14-8-9-16(25)15(11-14)21(30)19-20(13-5-4-10-26-12-13)29(23(32)22(19)31)24-27-17-6-2-3-7-18(17)28-24/h2-12,20,30H,1H3,(H,27,28)/b21-19+. The summed E-state index contributed by atoms with van der Waals surface area (Å²) in [5.41, 5.74) is 1.92. The Hall–Kier alpha value is -4.17. The molecule has 2 aromatic heterocycles. The van der Waals surface area contributed by atoms with Crippen LogP contribution in [0.25, 0.3) is 16.8 Å². The maximum Gasteiger partial charge on any atom is 0.302 e. The van der Waals surface area contributed by atoms with Crippen LogP contribution in [0.3, 0.4) is 0 Å². The number of aliphatic hydroxyl groups excluding tert-OH is 1. The number of aliphatic hydroxyl groups is 1. The monoisotopic (exact) mass is 460 g/mol. The number of fused-ring (bicyclic) bond motifs is 1. The first-order valence-electron chi connectivity index (χ1n) is 9.99. The van der Waals surface area contributed by atoms with E-state index in [1.807, 2.05) is 18.2 Å². The number of ether oxygens (including phenoxy) is 1. The number of halogens is 1. The highest BCUT2D eigenvalue weighted by Crippen LogP contribution is 2.42. The van der Waals surface area contributed by atoms with Gasteiger partial charge >= 0.3 is 5.91 Å². The van der Waals surface area contributed by atoms with Gasteiger partial charge in [-0.15, -0.1) is 0 Å². The van der Waals surface area contributed by atoms with Crippen molar-refractivity contribution in [3.05, 3.63) is 88.7 Å². The highest BCUT2D eigenvalue weighted by molar-refractivity contribution is 6.51. The number of nitrogens with zero attached hydrogens (tertiary/aromatic N) is 3. The fourth-order valence-corrected chi connectivity index (χ4v) is 4.12. The molecule has 33 heavy (non-hydrogen) atoms. The lowest BCUT2D eigenvalue weighted by atomic mass is 9.96. The third kappa shape index (κ3) is 3.41. The second-order valence-electron chi connectivity index (χ2n) is 7.38. The van der Waals surface area contributed by atoms with Crippen LogP contribution in [0, 0.1) is 0 Å². The fourth-order valence-electron chi connectivity index (χ4n) is 3.92. The van der Waals surface area contributed by atoms with Gasteiger partial charge in [0.15, 0.2) is 0 Å². The summed E-state index contributed by atoms with van der Waals surface area (Å²) in [7, 11) is 1.48. The number of hydrogen-bond acceptors (Lipinski definition) is 6. The van der Waals surface area contributed by atoms with Gasteiger partial charge in [0.05, 0.1) is 34.8 Å². The molecule has 2 N–H and O–H groups in total. The van der Waals surface area contributed by atoms with Crippen LogP contribution in [0.2, 0.25) is 5.02 Å². The van der Waals surface area contributed by atoms with E-state index in [2.05, 4.69) is 15.0 Å². The molecule has 5 rings (SSSR count). The van der Waals surface area contributed by atoms with Crippen LogP contribution in [-0.4, -0.2) is 38.9 Å². The summed E-state index contributed by atoms with van der Waals surface area (Å²) >= 11 is 6.32. The number of aromatic amines is 1. The van der Waals surface area contributed by atoms with E-state index < -0.39 is 23.5 Å². The number of pyridine rings is 1. The van der Waals surface area contributed by atoms with Crippen LogP contribution in [0.4, 0.5) is 5.95 Å². The van der Waals surface area contributed by atoms with Crippen molar-refractivity contribution in [1.29, 1.82) is 0 Å². The number of para-hydroxylation sites is 2. The molecule has 0 radical (unpaired) electrons. The molecule has 0 aliphatic carbocycles. The van der Waals surface area contributed by atoms with Gasteiger partial charge in [0, 0.05) is 18.0 Å². The van der Waals surface area contributed by atoms with E-state index >= 15 is 0 Å². The molecule has 9 heteroatoms. The number of aromatic nitrogens is 3. The smallest absolute Gasteiger partial charge is 0.302 e. The van der Waals surface area contributed by atoms with Gasteiger partial charge in [-0.1, -0.05) is 29.8 Å². The largest absolute Gasteiger partial charge is 0.507 e. The molecule has 1 unspecified atom stereocenters. The molecular formula is C24H17ClN4O4. The number of nitrogens with one attached hydrogen (secondary N) is 1. The molecule has 1 fully saturated rings. The van der Waals surface area contributed by atoms with Crippen LogP contribution >= 0.6 is 11.6 Å². The number of benzene rings is 2. The summed E-state index contributed by atoms with van der Waals surface area (Å²) in [6.07, 6.45) is 3.11. The summed E-state index contributed by atoms with van der Waals surface area (Å²) in [6.45, 7) is 0. The topological polar surface area (TPSA) is 108 Å². The molecule has 8 nitrogen and oxygen atoms in total. The minimum absolute atomic E-state index is 0.122. The van der Waals surface area contributed by atoms with Crippen LogP contribution in [0.15, 0.2) is 72.6 Å². The van der Waals surface area contributed by atoms with Gasteiger partial charge in [-0.3, -0.25) is 19.5 Å². The zero-order valence-electron chi connectivity index (χ0n) is 17.3. The molecule has 1 saturated heterocycles. The quantitative estimate of drug-likeness (QED) is 0.268. The normalized spacial score (nSPS) is 17.6. The van der Waals surface area contributed by atoms with Gasteiger partial charge in [0.25, 0.3) is 5.78 Å². The molecule has 1 aliphatic heterocycles. The molecule has 2 aromatic carbocycles. The predicted octanol–water partition coefficient (Wildman–Crippen LogP) is 4.25. The van der Waals surface area contributed by atoms with E-state index in [0.717, 1.165) is 0 Å². The minimum Gasteiger partial charge on any atom is -0.507 e. The Morgan fingerprint density at radius 3 is 2.70 bits per heavy atom. The average molecular weight is 461 g/mol. The van der Waals surface area contributed by atoms with Crippen molar-refractivity contribution in [2.75, 3.05) is 12.0 Å². The number of ketones is 1. The van der Waals surface area contributed by atoms with E-state index in [0.29, 0.717) is 22.3 Å². The second kappa shape index (κ2) is 8.07. The highest BCUT2D eigenvalue weighted by Gasteiger charge is 2.48. The first-order chi connectivity index (χ1) is 16.0. The minimum atomic E-state index is -0.971. The molecule has 4 aromatic rings. The number of rotatable bonds is 4. The van der Waals surface area contributed by atoms with Crippen LogP contribution in [0.1, 0.15) is 17.2 Å². The van der Waals surface area contributed by atoms with Gasteiger partial charge in [0.2, 0.25) is 5.95 Å². The van der Waals surface area contributed by atoms with E-state index in [9.17, 15) is 14.7 Å². The lowest BCUT2D eigenvalue weighted by molar-refractivity contribution is -0.132. The summed E-state index contributed by atoms with van der Waals surface area (Å²) in [5, 5.41) is 11.4. The van der Waals surface area contributed by atoms with Gasteiger partial charge in [0.1, 0.15) is 11.5 Å². The maximum absolute atomic E-state index is 13.2. The van der Waals surface area contributed by atoms with E-state index in [1.54, 1.807) is 36.5 Å². The lowest BCUT2D eigenvalue weighted by Crippen LogP contribution is -2.30. The third-order valence-corrected chi connectivity index (χ3v) is 5.81. The van der Waals surface area contributed by atoms with Crippen LogP contribution < -0.4 is 9.64 Å². The molecular weight excluding hydrogens is 444 g/mol. The number of carbonyl (C=O) groups excluding carboxylic acids is 2. The molecule has 0 saturated carbocycles. The number of H-pyrrole nitrogens is 1. The second-order valence-corrected chi connectivity index (χ2v) is 7.79. The number of Topliss-reactive ketones (excluding diaryl/α,β-unsaturated/α-hetero) is 1. The Kier molecular flexibility index (Phi) is 5.07. The van der Waals surface area contributed by atoms with Crippen molar-refractivity contribution < 1.29 is 19.4 Å². The number of hydrogen-bond donors (Lipinski definition) is 2. The van der Waals surface area contributed by atoms with Crippen LogP contribution in [-0.2, 0) is 9.59 Å². The van der Waals surface area contributed by atoms with E-state index in [1.165, 1.54) is 24.3 Å². The SMILES string of the molecule is COc1ccc(Cl)c(/C(O)=C2\C(=O)C(=O)N(c3nc4ccccc4[nH]3)C2c2cccnc2)c1. The summed E-state index contributed by atoms with van der Waals surface area (Å²) in [6, 6.07) is 14.4. The third-order valence-electron chi connectivity index (χ3n) is 5.48. The summed E-state index contributed by atoms with van der Waals surface area (Å²) < 4.78 is 5.23. The predicted molar refractivity (Wildman–Crippen MR) is 123 cm³/mol. The lowest BCUT2D eigenvalue weighted by Gasteiger charge is -2.22. The Morgan fingerprint density at radius 2 is 1.97 bits per heavy atom. The number of anilines is 1. The molecule has 0 bridgehead atoms. The Bertz CT molecular complexity index is 1400. The first-order valence-corrected chi connectivity index (χ1v) is 10.4. The number of amides is 1. The Morgan fingerprint density at radius 1 is 1.15 bits per heavy atom. The molecule has 164 valence electrons. The van der Waals surface area contributed by atoms with Crippen LogP contribution in [0.5, 0.6) is 5.75 Å².